The van der Waals surface area contributed by atoms with Crippen LogP contribution in [0.5, 0.6) is 11.8 Å². The molecular weight excluding hydrogens is 850 g/mol. The maximum Gasteiger partial charge on any atom is 0.408 e. The van der Waals surface area contributed by atoms with Gasteiger partial charge in [0, 0.05) is 40.2 Å². The molecule has 0 bridgehead atoms. The summed E-state index contributed by atoms with van der Waals surface area (Å²) in [5, 5.41) is 13.4. The van der Waals surface area contributed by atoms with Crippen LogP contribution in [-0.2, 0) is 24.4 Å². The smallest absolute Gasteiger partial charge is 0.408 e. The van der Waals surface area contributed by atoms with E-state index in [4.69, 9.17) is 21.1 Å². The molecule has 1 saturated heterocycles. The van der Waals surface area contributed by atoms with Gasteiger partial charge in [-0.15, -0.1) is 0 Å². The Kier molecular flexibility index (Phi) is 12.6. The highest BCUT2D eigenvalue weighted by Crippen LogP contribution is 2.52. The summed E-state index contributed by atoms with van der Waals surface area (Å²) >= 11 is 6.42. The number of sulfonamides is 1. The topological polar surface area (TPSA) is 185 Å². The summed E-state index contributed by atoms with van der Waals surface area (Å²) in [4.78, 5) is 61.8. The molecule has 1 aromatic heterocycles. The van der Waals surface area contributed by atoms with Crippen molar-refractivity contribution in [1.82, 2.24) is 24.8 Å². The lowest BCUT2D eigenvalue weighted by Crippen LogP contribution is -2.64. The third kappa shape index (κ3) is 8.69. The van der Waals surface area contributed by atoms with E-state index in [-0.39, 0.29) is 45.9 Å². The second-order valence-corrected chi connectivity index (χ2v) is 20.1. The van der Waals surface area contributed by atoms with Crippen molar-refractivity contribution in [3.8, 4) is 11.8 Å². The van der Waals surface area contributed by atoms with Crippen LogP contribution in [-0.4, -0.2) is 105 Å². The number of nitrogens with zero attached hydrogens (tertiary/aromatic N) is 3. The predicted molar refractivity (Wildman–Crippen MR) is 216 cm³/mol. The monoisotopic (exact) mass is 901 g/mol. The van der Waals surface area contributed by atoms with Gasteiger partial charge in [0.05, 0.1) is 4.75 Å². The standard InChI is InChI=1S/C41H52ClF4N5O9S/c1-7-24(4)50(37(55)56)32-23(3)17-22(2)11-8-9-12-25-19-40(25,36(54)49-61(57,58)38(5)15-16-38)48-33(52)29-20-39(6,41(45,46)51(29)35(32)53)60-34-26-13-10-14-28(42)27(26)18-31(47-34)59-21-30(43)44/h9-10,12-14,18,22-25,29-30,32H,7-8,11,15-17,19-21H2,1-6H3,(H,48,52)(H,49,54)(H,55,56)/b12-9-/t22-,23-,24?,25-,29+,32+,39-,40-/m1/s1. The van der Waals surface area contributed by atoms with E-state index < -0.39 is 117 Å². The fourth-order valence-electron chi connectivity index (χ4n) is 8.48. The van der Waals surface area contributed by atoms with E-state index in [1.54, 1.807) is 26.0 Å². The molecule has 3 N–H and O–H groups in total. The van der Waals surface area contributed by atoms with Crippen LogP contribution in [0, 0.1) is 17.8 Å². The Morgan fingerprint density at radius 1 is 1.15 bits per heavy atom. The minimum atomic E-state index is -4.45. The Balaban J connectivity index is 1.49. The van der Waals surface area contributed by atoms with Crippen molar-refractivity contribution < 1.29 is 59.7 Å². The number of carboxylic acid groups (broad SMARTS) is 1. The van der Waals surface area contributed by atoms with Crippen molar-refractivity contribution in [3.63, 3.8) is 0 Å². The second kappa shape index (κ2) is 16.7. The van der Waals surface area contributed by atoms with Gasteiger partial charge in [0.2, 0.25) is 27.7 Å². The highest BCUT2D eigenvalue weighted by molar-refractivity contribution is 7.91. The first kappa shape index (κ1) is 46.1. The number of rotatable bonds is 11. The van der Waals surface area contributed by atoms with Gasteiger partial charge in [0.1, 0.15) is 17.6 Å². The van der Waals surface area contributed by atoms with Crippen molar-refractivity contribution in [2.45, 2.75) is 139 Å². The zero-order valence-electron chi connectivity index (χ0n) is 34.7. The lowest BCUT2D eigenvalue weighted by atomic mass is 9.86. The van der Waals surface area contributed by atoms with Crippen LogP contribution in [0.1, 0.15) is 92.9 Å². The quantitative estimate of drug-likeness (QED) is 0.122. The van der Waals surface area contributed by atoms with Crippen molar-refractivity contribution >= 4 is 56.2 Å². The summed E-state index contributed by atoms with van der Waals surface area (Å²) in [7, 11) is -4.22. The number of halogens is 5. The Labute approximate surface area is 356 Å². The summed E-state index contributed by atoms with van der Waals surface area (Å²) in [5.74, 6) is -6.50. The van der Waals surface area contributed by atoms with Crippen LogP contribution in [0.4, 0.5) is 22.4 Å². The molecule has 3 fully saturated rings. The van der Waals surface area contributed by atoms with Crippen molar-refractivity contribution in [2.24, 2.45) is 17.8 Å². The normalized spacial score (nSPS) is 30.8. The molecule has 0 radical (unpaired) electrons. The van der Waals surface area contributed by atoms with Gasteiger partial charge in [0.25, 0.3) is 18.2 Å². The number of nitrogens with one attached hydrogen (secondary N) is 2. The molecule has 2 aromatic rings. The number of benzene rings is 1. The maximum absolute atomic E-state index is 17.7. The van der Waals surface area contributed by atoms with Crippen LogP contribution in [0.2, 0.25) is 5.02 Å². The number of pyridine rings is 1. The van der Waals surface area contributed by atoms with E-state index in [9.17, 15) is 36.7 Å². The third-order valence-electron chi connectivity index (χ3n) is 12.8. The highest BCUT2D eigenvalue weighted by atomic mass is 35.5. The first-order chi connectivity index (χ1) is 28.4. The molecule has 3 heterocycles. The molecule has 2 aliphatic carbocycles. The molecule has 6 rings (SSSR count). The molecular formula is C41H52ClF4N5O9S. The van der Waals surface area contributed by atoms with Gasteiger partial charge < -0.3 is 19.9 Å². The summed E-state index contributed by atoms with van der Waals surface area (Å²) in [5.41, 5.74) is -4.77. The van der Waals surface area contributed by atoms with Gasteiger partial charge in [-0.25, -0.2) is 22.0 Å². The summed E-state index contributed by atoms with van der Waals surface area (Å²) in [6, 6.07) is -3.61. The molecule has 1 unspecified atom stereocenters. The molecule has 61 heavy (non-hydrogen) atoms. The van der Waals surface area contributed by atoms with Gasteiger partial charge in [0.15, 0.2) is 12.2 Å². The Hall–Kier alpha value is -4.39. The zero-order chi connectivity index (χ0) is 45.0. The molecule has 8 atom stereocenters. The van der Waals surface area contributed by atoms with E-state index in [0.717, 1.165) is 11.8 Å². The lowest BCUT2D eigenvalue weighted by molar-refractivity contribution is -0.219. The fourth-order valence-corrected chi connectivity index (χ4v) is 10.0. The number of aromatic nitrogens is 1. The number of carbonyl (C=O) groups excluding carboxylic acids is 3. The number of alkyl halides is 4. The average Bonchev–Trinajstić information content (AvgIpc) is 4.08. The van der Waals surface area contributed by atoms with Crippen LogP contribution in [0.15, 0.2) is 36.4 Å². The Bertz CT molecular complexity index is 2210. The number of carbonyl (C=O) groups is 4. The van der Waals surface area contributed by atoms with Crippen LogP contribution in [0.3, 0.4) is 0 Å². The SMILES string of the molecule is CCC(C)N(C(=O)O)[C@@H]1C(=O)N2[C@@H](C[C@@](C)(Oc3nc(OCC(F)F)cc4c(Cl)cccc34)C2(F)F)C(=O)N[C@]2(C(=O)NS(=O)(=O)C3(C)CC3)C[C@H]2/C=C\CC[C@@H](C)C[C@H]1C. The number of fused-ring (bicyclic) bond motifs is 3. The van der Waals surface area contributed by atoms with Gasteiger partial charge >= 0.3 is 12.1 Å². The summed E-state index contributed by atoms with van der Waals surface area (Å²) in [6.07, 6.45) is -0.0448. The van der Waals surface area contributed by atoms with Gasteiger partial charge in [-0.1, -0.05) is 50.6 Å². The van der Waals surface area contributed by atoms with Gasteiger partial charge in [-0.3, -0.25) is 28.9 Å². The van der Waals surface area contributed by atoms with Crippen LogP contribution < -0.4 is 19.5 Å². The number of allylic oxidation sites excluding steroid dienone is 1. The number of ether oxygens (including phenoxy) is 2. The number of hydrogen-bond acceptors (Lipinski definition) is 9. The lowest BCUT2D eigenvalue weighted by Gasteiger charge is -2.42. The van der Waals surface area contributed by atoms with Crippen molar-refractivity contribution in [2.75, 3.05) is 6.61 Å². The van der Waals surface area contributed by atoms with Crippen LogP contribution in [0.25, 0.3) is 10.8 Å². The Morgan fingerprint density at radius 2 is 1.84 bits per heavy atom. The van der Waals surface area contributed by atoms with E-state index in [2.05, 4.69) is 15.0 Å². The van der Waals surface area contributed by atoms with E-state index in [1.165, 1.54) is 38.1 Å². The third-order valence-corrected chi connectivity index (χ3v) is 15.2. The number of amides is 4. The first-order valence-electron chi connectivity index (χ1n) is 20.4. The molecule has 2 saturated carbocycles. The predicted octanol–water partition coefficient (Wildman–Crippen LogP) is 6.90. The summed E-state index contributed by atoms with van der Waals surface area (Å²) < 4.78 is 100. The first-order valence-corrected chi connectivity index (χ1v) is 22.2. The van der Waals surface area contributed by atoms with E-state index in [1.807, 2.05) is 6.92 Å². The molecule has 4 aliphatic rings. The molecule has 2 aliphatic heterocycles. The minimum absolute atomic E-state index is 0.0131. The van der Waals surface area contributed by atoms with E-state index >= 15 is 13.6 Å². The maximum atomic E-state index is 17.7. The zero-order valence-corrected chi connectivity index (χ0v) is 36.3. The number of hydrogen-bond donors (Lipinski definition) is 3. The minimum Gasteiger partial charge on any atom is -0.471 e. The molecule has 20 heteroatoms. The van der Waals surface area contributed by atoms with Crippen molar-refractivity contribution in [1.29, 1.82) is 0 Å². The fraction of sp³-hybridized carbons (Fsp3) is 0.634. The molecule has 14 nitrogen and oxygen atoms in total. The molecule has 0 spiro atoms. The van der Waals surface area contributed by atoms with Gasteiger partial charge in [-0.05, 0) is 89.7 Å². The highest BCUT2D eigenvalue weighted by Gasteiger charge is 2.71. The molecule has 4 amide bonds. The Morgan fingerprint density at radius 3 is 2.46 bits per heavy atom. The second-order valence-electron chi connectivity index (χ2n) is 17.5. The van der Waals surface area contributed by atoms with Crippen LogP contribution >= 0.6 is 11.6 Å². The van der Waals surface area contributed by atoms with Gasteiger partial charge in [-0.2, -0.15) is 13.8 Å². The largest absolute Gasteiger partial charge is 0.471 e. The van der Waals surface area contributed by atoms with E-state index in [0.29, 0.717) is 25.7 Å². The average molecular weight is 902 g/mol. The molecule has 1 aromatic carbocycles. The summed E-state index contributed by atoms with van der Waals surface area (Å²) in [6.45, 7) is 7.95. The van der Waals surface area contributed by atoms with Crippen molar-refractivity contribution in [3.05, 3.63) is 41.4 Å². The molecule has 336 valence electrons.